The number of halogens is 2. The zero-order valence-electron chi connectivity index (χ0n) is 11.8. The largest absolute Gasteiger partial charge is 0.322 e. The van der Waals surface area contributed by atoms with E-state index in [1.165, 1.54) is 29.8 Å². The van der Waals surface area contributed by atoms with Crippen LogP contribution >= 0.6 is 23.2 Å². The second-order valence-electron chi connectivity index (χ2n) is 4.47. The van der Waals surface area contributed by atoms with Crippen molar-refractivity contribution in [2.75, 3.05) is 5.32 Å². The molecule has 0 bridgehead atoms. The van der Waals surface area contributed by atoms with Crippen LogP contribution in [0.5, 0.6) is 0 Å². The molecule has 2 aromatic rings. The zero-order valence-corrected chi connectivity index (χ0v) is 13.3. The molecule has 9 heteroatoms. The molecule has 2 rings (SSSR count). The third-order valence-corrected chi connectivity index (χ3v) is 3.35. The first-order chi connectivity index (χ1) is 10.3. The van der Waals surface area contributed by atoms with E-state index < -0.39 is 10.8 Å². The number of hydrogen-bond acceptors (Lipinski definition) is 4. The first-order valence-electron chi connectivity index (χ1n) is 6.32. The smallest absolute Gasteiger partial charge is 0.320 e. The topological polar surface area (TPSA) is 90.1 Å². The van der Waals surface area contributed by atoms with Crippen LogP contribution in [-0.2, 0) is 6.54 Å². The van der Waals surface area contributed by atoms with Gasteiger partial charge in [-0.1, -0.05) is 23.2 Å². The fourth-order valence-electron chi connectivity index (χ4n) is 2.06. The average Bonchev–Trinajstić information content (AvgIpc) is 2.74. The van der Waals surface area contributed by atoms with Gasteiger partial charge in [0.15, 0.2) is 0 Å². The molecule has 0 radical (unpaired) electrons. The monoisotopic (exact) mass is 342 g/mol. The maximum Gasteiger partial charge on any atom is 0.322 e. The molecule has 1 aromatic heterocycles. The molecule has 1 aromatic carbocycles. The molecule has 0 aliphatic heterocycles. The molecule has 1 amide bonds. The third kappa shape index (κ3) is 3.20. The highest BCUT2D eigenvalue weighted by Crippen LogP contribution is 2.26. The molecule has 1 heterocycles. The van der Waals surface area contributed by atoms with Crippen molar-refractivity contribution >= 4 is 40.5 Å². The van der Waals surface area contributed by atoms with Crippen molar-refractivity contribution in [1.82, 2.24) is 9.78 Å². The lowest BCUT2D eigenvalue weighted by Crippen LogP contribution is -2.18. The number of benzene rings is 1. The van der Waals surface area contributed by atoms with Gasteiger partial charge < -0.3 is 5.32 Å². The average molecular weight is 343 g/mol. The van der Waals surface area contributed by atoms with E-state index >= 15 is 0 Å². The highest BCUT2D eigenvalue weighted by molar-refractivity contribution is 6.35. The van der Waals surface area contributed by atoms with Crippen LogP contribution in [0, 0.1) is 17.0 Å². The number of nitrogens with one attached hydrogen (secondary N) is 1. The number of aromatic nitrogens is 2. The Hall–Kier alpha value is -2.12. The van der Waals surface area contributed by atoms with Crippen LogP contribution in [0.4, 0.5) is 11.4 Å². The Morgan fingerprint density at radius 3 is 2.45 bits per heavy atom. The summed E-state index contributed by atoms with van der Waals surface area (Å²) < 4.78 is 1.29. The van der Waals surface area contributed by atoms with Crippen molar-refractivity contribution in [3.05, 3.63) is 49.7 Å². The summed E-state index contributed by atoms with van der Waals surface area (Å²) in [6, 6.07) is 4.51. The Labute approximate surface area is 136 Å². The Morgan fingerprint density at radius 2 is 1.95 bits per heavy atom. The molecule has 0 aliphatic rings. The Morgan fingerprint density at radius 1 is 1.36 bits per heavy atom. The normalized spacial score (nSPS) is 10.5. The maximum atomic E-state index is 12.4. The summed E-state index contributed by atoms with van der Waals surface area (Å²) in [5.41, 5.74) is 0.105. The Balaban J connectivity index is 2.43. The van der Waals surface area contributed by atoms with Gasteiger partial charge in [0, 0.05) is 22.3 Å². The summed E-state index contributed by atoms with van der Waals surface area (Å²) in [4.78, 5) is 22.9. The molecule has 0 aliphatic carbocycles. The van der Waals surface area contributed by atoms with E-state index in [9.17, 15) is 14.9 Å². The molecule has 0 spiro atoms. The van der Waals surface area contributed by atoms with Gasteiger partial charge in [-0.25, -0.2) is 0 Å². The van der Waals surface area contributed by atoms with Crippen LogP contribution in [0.25, 0.3) is 0 Å². The van der Waals surface area contributed by atoms with Crippen LogP contribution < -0.4 is 5.32 Å². The predicted octanol–water partition coefficient (Wildman–Crippen LogP) is 3.68. The molecule has 0 saturated heterocycles. The molecule has 0 saturated carbocycles. The van der Waals surface area contributed by atoms with Gasteiger partial charge in [-0.05, 0) is 32.0 Å². The molecule has 0 atom stereocenters. The van der Waals surface area contributed by atoms with Crippen LogP contribution in [0.3, 0.4) is 0 Å². The minimum absolute atomic E-state index is 0.110. The number of carbonyl (C=O) groups is 1. The SMILES string of the molecule is CCn1nc(C)c([N+](=O)[O-])c1C(=O)Nc1cc(Cl)cc(Cl)c1. The predicted molar refractivity (Wildman–Crippen MR) is 83.7 cm³/mol. The lowest BCUT2D eigenvalue weighted by Gasteiger charge is -2.07. The van der Waals surface area contributed by atoms with E-state index in [1.807, 2.05) is 0 Å². The van der Waals surface area contributed by atoms with Crippen LogP contribution in [-0.4, -0.2) is 20.6 Å². The van der Waals surface area contributed by atoms with E-state index in [-0.39, 0.29) is 17.1 Å². The highest BCUT2D eigenvalue weighted by Gasteiger charge is 2.30. The van der Waals surface area contributed by atoms with Crippen molar-refractivity contribution < 1.29 is 9.72 Å². The summed E-state index contributed by atoms with van der Waals surface area (Å²) >= 11 is 11.7. The lowest BCUT2D eigenvalue weighted by atomic mass is 10.2. The third-order valence-electron chi connectivity index (χ3n) is 2.91. The van der Waals surface area contributed by atoms with Gasteiger partial charge in [0.05, 0.1) is 4.92 Å². The van der Waals surface area contributed by atoms with Crippen molar-refractivity contribution in [2.45, 2.75) is 20.4 Å². The van der Waals surface area contributed by atoms with Crippen molar-refractivity contribution in [1.29, 1.82) is 0 Å². The molecular formula is C13H12Cl2N4O3. The summed E-state index contributed by atoms with van der Waals surface area (Å²) in [6.45, 7) is 3.55. The van der Waals surface area contributed by atoms with Gasteiger partial charge in [0.1, 0.15) is 5.69 Å². The zero-order chi connectivity index (χ0) is 16.4. The second kappa shape index (κ2) is 6.33. The molecule has 0 fully saturated rings. The van der Waals surface area contributed by atoms with E-state index in [1.54, 1.807) is 6.92 Å². The summed E-state index contributed by atoms with van der Waals surface area (Å²) in [7, 11) is 0. The summed E-state index contributed by atoms with van der Waals surface area (Å²) in [5.74, 6) is -0.646. The number of carbonyl (C=O) groups excluding carboxylic acids is 1. The van der Waals surface area contributed by atoms with Crippen molar-refractivity contribution in [2.24, 2.45) is 0 Å². The Bertz CT molecular complexity index is 738. The van der Waals surface area contributed by atoms with E-state index in [0.29, 0.717) is 22.3 Å². The molecular weight excluding hydrogens is 331 g/mol. The molecule has 0 unspecified atom stereocenters. The van der Waals surface area contributed by atoms with Gasteiger partial charge in [0.2, 0.25) is 5.69 Å². The van der Waals surface area contributed by atoms with Gasteiger partial charge in [0.25, 0.3) is 5.91 Å². The van der Waals surface area contributed by atoms with Gasteiger partial charge >= 0.3 is 5.69 Å². The second-order valence-corrected chi connectivity index (χ2v) is 5.34. The lowest BCUT2D eigenvalue weighted by molar-refractivity contribution is -0.385. The minimum Gasteiger partial charge on any atom is -0.320 e. The van der Waals surface area contributed by atoms with Crippen molar-refractivity contribution in [3.8, 4) is 0 Å². The number of rotatable bonds is 4. The van der Waals surface area contributed by atoms with Crippen molar-refractivity contribution in [3.63, 3.8) is 0 Å². The Kier molecular flexibility index (Phi) is 4.68. The summed E-state index contributed by atoms with van der Waals surface area (Å²) in [6.07, 6.45) is 0. The quantitative estimate of drug-likeness (QED) is 0.677. The molecule has 22 heavy (non-hydrogen) atoms. The van der Waals surface area contributed by atoms with Gasteiger partial charge in [-0.15, -0.1) is 0 Å². The van der Waals surface area contributed by atoms with Crippen LogP contribution in [0.2, 0.25) is 10.0 Å². The molecule has 116 valence electrons. The maximum absolute atomic E-state index is 12.4. The van der Waals surface area contributed by atoms with E-state index in [2.05, 4.69) is 10.4 Å². The van der Waals surface area contributed by atoms with Gasteiger partial charge in [-0.3, -0.25) is 19.6 Å². The number of anilines is 1. The van der Waals surface area contributed by atoms with E-state index in [0.717, 1.165) is 0 Å². The molecule has 7 nitrogen and oxygen atoms in total. The van der Waals surface area contributed by atoms with Crippen LogP contribution in [0.1, 0.15) is 23.1 Å². The number of hydrogen-bond donors (Lipinski definition) is 1. The number of aryl methyl sites for hydroxylation is 2. The fourth-order valence-corrected chi connectivity index (χ4v) is 2.59. The highest BCUT2D eigenvalue weighted by atomic mass is 35.5. The first kappa shape index (κ1) is 16.3. The fraction of sp³-hybridized carbons (Fsp3) is 0.231. The first-order valence-corrected chi connectivity index (χ1v) is 7.08. The number of nitro groups is 1. The van der Waals surface area contributed by atoms with Gasteiger partial charge in [-0.2, -0.15) is 5.10 Å². The molecule has 1 N–H and O–H groups in total. The number of nitrogens with zero attached hydrogens (tertiary/aromatic N) is 3. The minimum atomic E-state index is -0.646. The summed E-state index contributed by atoms with van der Waals surface area (Å²) in [5, 5.41) is 18.4. The van der Waals surface area contributed by atoms with Crippen LogP contribution in [0.15, 0.2) is 18.2 Å². The standard InChI is InChI=1S/C13H12Cl2N4O3/c1-3-18-12(11(19(21)22)7(2)17-18)13(20)16-10-5-8(14)4-9(15)6-10/h4-6H,3H2,1-2H3,(H,16,20). The van der Waals surface area contributed by atoms with E-state index in [4.69, 9.17) is 23.2 Å². The number of amides is 1.